The molecule has 0 spiro atoms. The maximum absolute atomic E-state index is 12.0. The van der Waals surface area contributed by atoms with Gasteiger partial charge in [-0.3, -0.25) is 0 Å². The first kappa shape index (κ1) is 12.9. The van der Waals surface area contributed by atoms with Crippen molar-refractivity contribution in [1.82, 2.24) is 4.98 Å². The molecule has 0 amide bonds. The van der Waals surface area contributed by atoms with Crippen LogP contribution in [0, 0.1) is 0 Å². The van der Waals surface area contributed by atoms with Gasteiger partial charge in [0.25, 0.3) is 0 Å². The average Bonchev–Trinajstić information content (AvgIpc) is 2.78. The lowest BCUT2D eigenvalue weighted by Crippen LogP contribution is -2.02. The third-order valence-electron chi connectivity index (χ3n) is 2.29. The lowest BCUT2D eigenvalue weighted by atomic mass is 10.2. The van der Waals surface area contributed by atoms with E-state index in [0.29, 0.717) is 6.54 Å². The summed E-state index contributed by atoms with van der Waals surface area (Å²) >= 11 is 1.54. The maximum atomic E-state index is 12.0. The van der Waals surface area contributed by atoms with E-state index in [2.05, 4.69) is 9.72 Å². The van der Waals surface area contributed by atoms with E-state index in [0.717, 1.165) is 22.7 Å². The van der Waals surface area contributed by atoms with Crippen molar-refractivity contribution >= 4 is 11.3 Å². The molecule has 3 nitrogen and oxygen atoms in total. The highest BCUT2D eigenvalue weighted by Gasteiger charge is 2.06. The summed E-state index contributed by atoms with van der Waals surface area (Å²) in [7, 11) is 0. The highest BCUT2D eigenvalue weighted by Crippen LogP contribution is 2.24. The molecule has 0 aliphatic carbocycles. The monoisotopic (exact) mass is 270 g/mol. The molecular weight excluding hydrogens is 258 g/mol. The fourth-order valence-electron chi connectivity index (χ4n) is 1.49. The first-order valence-corrected chi connectivity index (χ1v) is 6.26. The second-order valence-corrected chi connectivity index (χ2v) is 4.51. The molecule has 0 saturated heterocycles. The largest absolute Gasteiger partial charge is 0.435 e. The molecule has 0 aliphatic rings. The number of halogens is 2. The van der Waals surface area contributed by atoms with E-state index in [1.165, 1.54) is 12.1 Å². The van der Waals surface area contributed by atoms with Crippen molar-refractivity contribution < 1.29 is 13.5 Å². The number of alkyl halides is 2. The third kappa shape index (κ3) is 3.24. The highest BCUT2D eigenvalue weighted by atomic mass is 32.1. The number of hydrogen-bond acceptors (Lipinski definition) is 4. The number of aromatic nitrogens is 1. The number of thiazole rings is 1. The summed E-state index contributed by atoms with van der Waals surface area (Å²) in [6.07, 6.45) is 0.747. The van der Waals surface area contributed by atoms with Crippen LogP contribution in [0.1, 0.15) is 5.01 Å². The Bertz CT molecular complexity index is 499. The minimum absolute atomic E-state index is 0.145. The van der Waals surface area contributed by atoms with E-state index < -0.39 is 6.61 Å². The van der Waals surface area contributed by atoms with E-state index in [-0.39, 0.29) is 5.75 Å². The zero-order chi connectivity index (χ0) is 13.0. The van der Waals surface area contributed by atoms with Gasteiger partial charge in [0, 0.05) is 17.4 Å². The number of ether oxygens (including phenoxy) is 1. The Morgan fingerprint density at radius 3 is 2.61 bits per heavy atom. The van der Waals surface area contributed by atoms with Crippen molar-refractivity contribution in [2.24, 2.45) is 5.73 Å². The van der Waals surface area contributed by atoms with Gasteiger partial charge in [0.05, 0.1) is 10.7 Å². The van der Waals surface area contributed by atoms with E-state index in [9.17, 15) is 8.78 Å². The van der Waals surface area contributed by atoms with Gasteiger partial charge in [-0.2, -0.15) is 8.78 Å². The molecule has 1 heterocycles. The van der Waals surface area contributed by atoms with Gasteiger partial charge in [-0.05, 0) is 30.8 Å². The molecule has 1 aromatic carbocycles. The molecule has 2 aromatic rings. The average molecular weight is 270 g/mol. The molecule has 0 atom stereocenters. The Labute approximate surface area is 107 Å². The van der Waals surface area contributed by atoms with Crippen LogP contribution in [0.25, 0.3) is 11.3 Å². The fraction of sp³-hybridized carbons (Fsp3) is 0.250. The molecule has 2 rings (SSSR count). The van der Waals surface area contributed by atoms with Crippen molar-refractivity contribution in [3.05, 3.63) is 34.7 Å². The van der Waals surface area contributed by atoms with Crippen LogP contribution >= 0.6 is 11.3 Å². The predicted molar refractivity (Wildman–Crippen MR) is 66.9 cm³/mol. The summed E-state index contributed by atoms with van der Waals surface area (Å²) in [6, 6.07) is 6.42. The van der Waals surface area contributed by atoms with Gasteiger partial charge in [-0.25, -0.2) is 4.98 Å². The number of rotatable bonds is 5. The minimum atomic E-state index is -2.80. The van der Waals surface area contributed by atoms with E-state index in [1.807, 2.05) is 5.38 Å². The Balaban J connectivity index is 2.12. The molecule has 96 valence electrons. The normalized spacial score (nSPS) is 10.9. The quantitative estimate of drug-likeness (QED) is 0.908. The number of benzene rings is 1. The Morgan fingerprint density at radius 1 is 1.28 bits per heavy atom. The molecule has 18 heavy (non-hydrogen) atoms. The van der Waals surface area contributed by atoms with Gasteiger partial charge in [0.1, 0.15) is 5.75 Å². The van der Waals surface area contributed by atoms with Gasteiger partial charge in [0.2, 0.25) is 0 Å². The Kier molecular flexibility index (Phi) is 4.22. The van der Waals surface area contributed by atoms with Crippen molar-refractivity contribution in [3.63, 3.8) is 0 Å². The van der Waals surface area contributed by atoms with Gasteiger partial charge >= 0.3 is 6.61 Å². The van der Waals surface area contributed by atoms with Crippen molar-refractivity contribution in [2.45, 2.75) is 13.0 Å². The molecule has 0 radical (unpaired) electrons. The van der Waals surface area contributed by atoms with Crippen LogP contribution in [-0.4, -0.2) is 18.1 Å². The van der Waals surface area contributed by atoms with Crippen molar-refractivity contribution in [3.8, 4) is 17.0 Å². The topological polar surface area (TPSA) is 48.1 Å². The lowest BCUT2D eigenvalue weighted by molar-refractivity contribution is -0.0498. The molecular formula is C12H12F2N2OS. The molecule has 2 N–H and O–H groups in total. The summed E-state index contributed by atoms with van der Waals surface area (Å²) in [5.74, 6) is 0.145. The van der Waals surface area contributed by atoms with Crippen LogP contribution in [0.5, 0.6) is 5.75 Å². The number of hydrogen-bond donors (Lipinski definition) is 1. The number of nitrogens with two attached hydrogens (primary N) is 1. The molecule has 0 unspecified atom stereocenters. The van der Waals surface area contributed by atoms with Gasteiger partial charge < -0.3 is 10.5 Å². The Morgan fingerprint density at radius 2 is 2.00 bits per heavy atom. The predicted octanol–water partition coefficient (Wildman–Crippen LogP) is 2.91. The van der Waals surface area contributed by atoms with E-state index in [4.69, 9.17) is 5.73 Å². The fourth-order valence-corrected chi connectivity index (χ4v) is 2.31. The summed E-state index contributed by atoms with van der Waals surface area (Å²) in [6.45, 7) is -2.24. The third-order valence-corrected chi connectivity index (χ3v) is 3.19. The van der Waals surface area contributed by atoms with Crippen molar-refractivity contribution in [2.75, 3.05) is 6.54 Å². The first-order valence-electron chi connectivity index (χ1n) is 5.39. The molecule has 0 bridgehead atoms. The molecule has 1 aromatic heterocycles. The highest BCUT2D eigenvalue weighted by molar-refractivity contribution is 7.09. The van der Waals surface area contributed by atoms with Crippen LogP contribution in [0.15, 0.2) is 29.6 Å². The van der Waals surface area contributed by atoms with Gasteiger partial charge in [-0.15, -0.1) is 11.3 Å². The summed E-state index contributed by atoms with van der Waals surface area (Å²) < 4.78 is 28.3. The summed E-state index contributed by atoms with van der Waals surface area (Å²) in [5.41, 5.74) is 7.15. The minimum Gasteiger partial charge on any atom is -0.435 e. The molecule has 0 fully saturated rings. The van der Waals surface area contributed by atoms with Crippen LogP contribution in [-0.2, 0) is 6.42 Å². The summed E-state index contributed by atoms with van der Waals surface area (Å²) in [4.78, 5) is 4.41. The van der Waals surface area contributed by atoms with Crippen LogP contribution in [0.2, 0.25) is 0 Å². The van der Waals surface area contributed by atoms with Gasteiger partial charge in [0.15, 0.2) is 0 Å². The second kappa shape index (κ2) is 5.88. The summed E-state index contributed by atoms with van der Waals surface area (Å²) in [5, 5.41) is 2.90. The standard InChI is InChI=1S/C12H12F2N2OS/c13-12(14)17-9-3-1-8(2-4-9)10-7-18-11(16-10)5-6-15/h1-4,7,12H,5-6,15H2. The van der Waals surface area contributed by atoms with Crippen LogP contribution < -0.4 is 10.5 Å². The lowest BCUT2D eigenvalue weighted by Gasteiger charge is -2.04. The smallest absolute Gasteiger partial charge is 0.387 e. The van der Waals surface area contributed by atoms with E-state index in [1.54, 1.807) is 23.5 Å². The number of nitrogens with zero attached hydrogens (tertiary/aromatic N) is 1. The zero-order valence-electron chi connectivity index (χ0n) is 9.48. The van der Waals surface area contributed by atoms with Crippen molar-refractivity contribution in [1.29, 1.82) is 0 Å². The SMILES string of the molecule is NCCc1nc(-c2ccc(OC(F)F)cc2)cs1. The molecule has 6 heteroatoms. The van der Waals surface area contributed by atoms with Gasteiger partial charge in [-0.1, -0.05) is 0 Å². The molecule has 0 saturated carbocycles. The Hall–Kier alpha value is -1.53. The zero-order valence-corrected chi connectivity index (χ0v) is 10.3. The van der Waals surface area contributed by atoms with E-state index >= 15 is 0 Å². The van der Waals surface area contributed by atoms with Crippen LogP contribution in [0.3, 0.4) is 0 Å². The molecule has 0 aliphatic heterocycles. The first-order chi connectivity index (χ1) is 8.69. The maximum Gasteiger partial charge on any atom is 0.387 e. The van der Waals surface area contributed by atoms with Crippen LogP contribution in [0.4, 0.5) is 8.78 Å². The second-order valence-electron chi connectivity index (χ2n) is 3.57.